The fourth-order valence-corrected chi connectivity index (χ4v) is 2.69. The van der Waals surface area contributed by atoms with Crippen LogP contribution in [0, 0.1) is 11.6 Å². The predicted octanol–water partition coefficient (Wildman–Crippen LogP) is 1.95. The molecule has 1 aliphatic rings. The van der Waals surface area contributed by atoms with Crippen LogP contribution in [0.2, 0.25) is 0 Å². The lowest BCUT2D eigenvalue weighted by molar-refractivity contribution is -0.133. The zero-order chi connectivity index (χ0) is 16.4. The molecule has 3 rings (SSSR count). The summed E-state index contributed by atoms with van der Waals surface area (Å²) in [5.41, 5.74) is 1.38. The molecule has 5 nitrogen and oxygen atoms in total. The van der Waals surface area contributed by atoms with Crippen molar-refractivity contribution in [2.45, 2.75) is 26.1 Å². The zero-order valence-corrected chi connectivity index (χ0v) is 12.6. The van der Waals surface area contributed by atoms with Gasteiger partial charge in [-0.15, -0.1) is 0 Å². The van der Waals surface area contributed by atoms with Crippen LogP contribution in [0.4, 0.5) is 8.78 Å². The van der Waals surface area contributed by atoms with Gasteiger partial charge in [0.1, 0.15) is 24.0 Å². The summed E-state index contributed by atoms with van der Waals surface area (Å²) in [7, 11) is 0. The van der Waals surface area contributed by atoms with E-state index in [2.05, 4.69) is 15.3 Å². The summed E-state index contributed by atoms with van der Waals surface area (Å²) in [6, 6.07) is 3.10. The van der Waals surface area contributed by atoms with Gasteiger partial charge in [-0.1, -0.05) is 6.07 Å². The maximum absolute atomic E-state index is 13.8. The number of amides is 1. The summed E-state index contributed by atoms with van der Waals surface area (Å²) < 4.78 is 27.6. The van der Waals surface area contributed by atoms with Crippen molar-refractivity contribution in [1.82, 2.24) is 20.2 Å². The highest BCUT2D eigenvalue weighted by molar-refractivity contribution is 5.84. The third kappa shape index (κ3) is 2.92. The lowest BCUT2D eigenvalue weighted by Crippen LogP contribution is -2.38. The number of nitrogens with one attached hydrogen (secondary N) is 1. The minimum Gasteiger partial charge on any atom is -0.337 e. The molecule has 23 heavy (non-hydrogen) atoms. The molecule has 1 amide bonds. The van der Waals surface area contributed by atoms with Gasteiger partial charge in [0.2, 0.25) is 5.91 Å². The van der Waals surface area contributed by atoms with Crippen molar-refractivity contribution in [3.63, 3.8) is 0 Å². The van der Waals surface area contributed by atoms with E-state index in [9.17, 15) is 13.6 Å². The van der Waals surface area contributed by atoms with Gasteiger partial charge in [0, 0.05) is 30.4 Å². The molecule has 1 aliphatic heterocycles. The molecule has 120 valence electrons. The number of halogens is 2. The number of likely N-dealkylation sites (N-methyl/N-ethyl adjacent to an activating group) is 1. The van der Waals surface area contributed by atoms with Gasteiger partial charge in [-0.2, -0.15) is 0 Å². The van der Waals surface area contributed by atoms with Crippen molar-refractivity contribution in [3.05, 3.63) is 59.2 Å². The van der Waals surface area contributed by atoms with Gasteiger partial charge in [-0.25, -0.2) is 18.7 Å². The number of benzene rings is 1. The average Bonchev–Trinajstić information content (AvgIpc) is 2.98. The average molecular weight is 318 g/mol. The Morgan fingerprint density at radius 1 is 1.39 bits per heavy atom. The minimum absolute atomic E-state index is 0.106. The van der Waals surface area contributed by atoms with Crippen molar-refractivity contribution in [2.75, 3.05) is 6.54 Å². The summed E-state index contributed by atoms with van der Waals surface area (Å²) >= 11 is 0. The first kappa shape index (κ1) is 15.5. The molecule has 0 saturated carbocycles. The topological polar surface area (TPSA) is 58.1 Å². The van der Waals surface area contributed by atoms with Crippen LogP contribution in [0.1, 0.15) is 29.8 Å². The summed E-state index contributed by atoms with van der Waals surface area (Å²) in [4.78, 5) is 22.2. The number of nitrogens with zero attached hydrogens (tertiary/aromatic N) is 3. The van der Waals surface area contributed by atoms with E-state index in [1.807, 2.05) is 0 Å². The van der Waals surface area contributed by atoms with Crippen molar-refractivity contribution in [1.29, 1.82) is 0 Å². The fraction of sp³-hybridized carbons (Fsp3) is 0.312. The predicted molar refractivity (Wildman–Crippen MR) is 79.1 cm³/mol. The minimum atomic E-state index is -0.653. The monoisotopic (exact) mass is 318 g/mol. The van der Waals surface area contributed by atoms with Crippen molar-refractivity contribution < 1.29 is 13.6 Å². The van der Waals surface area contributed by atoms with Crippen LogP contribution >= 0.6 is 0 Å². The van der Waals surface area contributed by atoms with Crippen LogP contribution in [0.15, 0.2) is 30.7 Å². The van der Waals surface area contributed by atoms with Gasteiger partial charge in [-0.3, -0.25) is 10.1 Å². The smallest absolute Gasteiger partial charge is 0.244 e. The summed E-state index contributed by atoms with van der Waals surface area (Å²) in [5, 5.41) is 3.07. The number of fused-ring (bicyclic) bond motifs is 1. The third-order valence-electron chi connectivity index (χ3n) is 3.96. The molecule has 1 aromatic heterocycles. The van der Waals surface area contributed by atoms with Gasteiger partial charge in [0.25, 0.3) is 0 Å². The van der Waals surface area contributed by atoms with Gasteiger partial charge in [0.05, 0.1) is 12.2 Å². The SMILES string of the molecule is CCN(Cc1c(F)cccc1F)C(=O)C1NCc2ncncc21. The first-order valence-corrected chi connectivity index (χ1v) is 7.35. The highest BCUT2D eigenvalue weighted by atomic mass is 19.1. The molecule has 2 heterocycles. The Balaban J connectivity index is 1.83. The molecular formula is C16H16F2N4O. The molecule has 0 radical (unpaired) electrons. The lowest BCUT2D eigenvalue weighted by atomic mass is 10.1. The van der Waals surface area contributed by atoms with Crippen molar-refractivity contribution in [2.24, 2.45) is 0 Å². The van der Waals surface area contributed by atoms with Crippen molar-refractivity contribution >= 4 is 5.91 Å². The molecular weight excluding hydrogens is 302 g/mol. The molecule has 1 aromatic carbocycles. The van der Waals surface area contributed by atoms with Crippen LogP contribution in [-0.4, -0.2) is 27.3 Å². The van der Waals surface area contributed by atoms with E-state index >= 15 is 0 Å². The standard InChI is InChI=1S/C16H16F2N4O/c1-2-22(8-11-12(17)4-3-5-13(11)18)16(23)15-10-6-19-9-21-14(10)7-20-15/h3-6,9,15,20H,2,7-8H2,1H3. The zero-order valence-electron chi connectivity index (χ0n) is 12.6. The Hall–Kier alpha value is -2.41. The Labute approximate surface area is 132 Å². The number of hydrogen-bond acceptors (Lipinski definition) is 4. The van der Waals surface area contributed by atoms with Gasteiger partial charge in [-0.05, 0) is 19.1 Å². The first-order chi connectivity index (χ1) is 11.1. The molecule has 1 atom stereocenters. The van der Waals surface area contributed by atoms with E-state index in [0.29, 0.717) is 18.7 Å². The van der Waals surface area contributed by atoms with E-state index in [1.54, 1.807) is 13.1 Å². The number of hydrogen-bond donors (Lipinski definition) is 1. The van der Waals surface area contributed by atoms with E-state index in [-0.39, 0.29) is 18.0 Å². The highest BCUT2D eigenvalue weighted by Crippen LogP contribution is 2.25. The van der Waals surface area contributed by atoms with Crippen molar-refractivity contribution in [3.8, 4) is 0 Å². The van der Waals surface area contributed by atoms with Gasteiger partial charge in [0.15, 0.2) is 0 Å². The quantitative estimate of drug-likeness (QED) is 0.936. The molecule has 2 aromatic rings. The number of rotatable bonds is 4. The van der Waals surface area contributed by atoms with E-state index in [1.165, 1.54) is 29.4 Å². The van der Waals surface area contributed by atoms with E-state index < -0.39 is 17.7 Å². The van der Waals surface area contributed by atoms with Crippen LogP contribution in [0.3, 0.4) is 0 Å². The second-order valence-electron chi connectivity index (χ2n) is 5.29. The normalized spacial score (nSPS) is 16.2. The molecule has 1 N–H and O–H groups in total. The van der Waals surface area contributed by atoms with Gasteiger partial charge < -0.3 is 4.90 Å². The molecule has 0 saturated heterocycles. The van der Waals surface area contributed by atoms with Gasteiger partial charge >= 0.3 is 0 Å². The number of carbonyl (C=O) groups excluding carboxylic acids is 1. The van der Waals surface area contributed by atoms with E-state index in [4.69, 9.17) is 0 Å². The summed E-state index contributed by atoms with van der Waals surface area (Å²) in [5.74, 6) is -1.55. The Kier molecular flexibility index (Phi) is 4.29. The summed E-state index contributed by atoms with van der Waals surface area (Å²) in [6.07, 6.45) is 3.03. The molecule has 0 aliphatic carbocycles. The first-order valence-electron chi connectivity index (χ1n) is 7.35. The summed E-state index contributed by atoms with van der Waals surface area (Å²) in [6.45, 7) is 2.47. The largest absolute Gasteiger partial charge is 0.337 e. The highest BCUT2D eigenvalue weighted by Gasteiger charge is 2.32. The number of aromatic nitrogens is 2. The second kappa shape index (κ2) is 6.37. The second-order valence-corrected chi connectivity index (χ2v) is 5.29. The maximum Gasteiger partial charge on any atom is 0.244 e. The molecule has 0 spiro atoms. The lowest BCUT2D eigenvalue weighted by Gasteiger charge is -2.25. The van der Waals surface area contributed by atoms with E-state index in [0.717, 1.165) is 5.69 Å². The molecule has 1 unspecified atom stereocenters. The fourth-order valence-electron chi connectivity index (χ4n) is 2.69. The van der Waals surface area contributed by atoms with Crippen LogP contribution < -0.4 is 5.32 Å². The number of carbonyl (C=O) groups is 1. The Bertz CT molecular complexity index is 718. The Morgan fingerprint density at radius 2 is 2.13 bits per heavy atom. The maximum atomic E-state index is 13.8. The molecule has 0 fully saturated rings. The van der Waals surface area contributed by atoms with Crippen LogP contribution in [-0.2, 0) is 17.9 Å². The Morgan fingerprint density at radius 3 is 2.83 bits per heavy atom. The van der Waals surface area contributed by atoms with Crippen LogP contribution in [0.5, 0.6) is 0 Å². The third-order valence-corrected chi connectivity index (χ3v) is 3.96. The molecule has 0 bridgehead atoms. The molecule has 7 heteroatoms. The van der Waals surface area contributed by atoms with Crippen LogP contribution in [0.25, 0.3) is 0 Å².